The first-order valence-corrected chi connectivity index (χ1v) is 14.4. The number of halogens is 5. The van der Waals surface area contributed by atoms with Crippen molar-refractivity contribution in [3.63, 3.8) is 0 Å². The molecule has 3 aromatic rings. The lowest BCUT2D eigenvalue weighted by Crippen LogP contribution is -2.47. The fourth-order valence-electron chi connectivity index (χ4n) is 4.82. The molecule has 0 atom stereocenters. The number of carbonyl (C=O) groups is 2. The molecule has 2 aliphatic rings. The summed E-state index contributed by atoms with van der Waals surface area (Å²) in [7, 11) is 1.74. The van der Waals surface area contributed by atoms with Gasteiger partial charge in [0.1, 0.15) is 11.3 Å². The Balaban J connectivity index is 1.50. The molecule has 0 aliphatic carbocycles. The molecular weight excluding hydrogens is 621 g/mol. The van der Waals surface area contributed by atoms with Crippen molar-refractivity contribution in [1.82, 2.24) is 14.8 Å². The van der Waals surface area contributed by atoms with Crippen molar-refractivity contribution in [3.05, 3.63) is 84.7 Å². The summed E-state index contributed by atoms with van der Waals surface area (Å²) < 4.78 is 28.1. The maximum Gasteiger partial charge on any atom is 0.362 e. The number of aromatic nitrogens is 1. The Morgan fingerprint density at radius 3 is 2.54 bits per heavy atom. The standard InChI is InChI=1S/C27H23Cl3F2N4O4S/c1-34-7-2-8-36(26(34)40)17-5-3-14-11-35(12-16(14)9-17)25(39)21-19(10-20(27(30,31)32)33-24(21)38)41-23-18(28)6-4-15(13-37)22(23)29/h3-6,9-10,37H,2,7-8,11-13H2,1H3,(H,33,38). The summed E-state index contributed by atoms with van der Waals surface area (Å²) in [5.41, 5.74) is 0.305. The Hall–Kier alpha value is -2.83. The molecule has 0 spiro atoms. The number of hydrogen-bond acceptors (Lipinski definition) is 5. The molecule has 0 saturated carbocycles. The first-order chi connectivity index (χ1) is 19.4. The van der Waals surface area contributed by atoms with Crippen LogP contribution in [0.2, 0.25) is 10.0 Å². The van der Waals surface area contributed by atoms with Gasteiger partial charge in [-0.05, 0) is 59.0 Å². The molecular formula is C27H23Cl3F2N4O4S. The molecule has 1 saturated heterocycles. The molecule has 14 heteroatoms. The number of amides is 3. The van der Waals surface area contributed by atoms with Gasteiger partial charge in [-0.25, -0.2) is 4.79 Å². The van der Waals surface area contributed by atoms with Crippen molar-refractivity contribution in [1.29, 1.82) is 0 Å². The minimum Gasteiger partial charge on any atom is -0.392 e. The van der Waals surface area contributed by atoms with E-state index in [0.29, 0.717) is 24.3 Å². The van der Waals surface area contributed by atoms with Crippen molar-refractivity contribution in [2.45, 2.75) is 41.3 Å². The Labute approximate surface area is 252 Å². The zero-order valence-electron chi connectivity index (χ0n) is 21.5. The summed E-state index contributed by atoms with van der Waals surface area (Å²) in [6.45, 7) is 1.13. The molecule has 0 unspecified atom stereocenters. The van der Waals surface area contributed by atoms with E-state index in [1.165, 1.54) is 17.0 Å². The van der Waals surface area contributed by atoms with Gasteiger partial charge in [0.05, 0.1) is 16.7 Å². The molecule has 3 heterocycles. The minimum atomic E-state index is -3.92. The number of alkyl halides is 3. The number of rotatable bonds is 6. The molecule has 3 amide bonds. The largest absolute Gasteiger partial charge is 0.392 e. The summed E-state index contributed by atoms with van der Waals surface area (Å²) >= 11 is 18.7. The molecule has 216 valence electrons. The molecule has 2 aliphatic heterocycles. The molecule has 41 heavy (non-hydrogen) atoms. The van der Waals surface area contributed by atoms with Crippen molar-refractivity contribution >= 4 is 64.2 Å². The summed E-state index contributed by atoms with van der Waals surface area (Å²) in [6, 6.07) is 9.26. The van der Waals surface area contributed by atoms with Crippen molar-refractivity contribution in [2.75, 3.05) is 25.0 Å². The molecule has 2 N–H and O–H groups in total. The first-order valence-electron chi connectivity index (χ1n) is 12.4. The van der Waals surface area contributed by atoms with Gasteiger partial charge in [0.2, 0.25) is 0 Å². The van der Waals surface area contributed by atoms with Gasteiger partial charge in [0.25, 0.3) is 11.5 Å². The number of carbonyl (C=O) groups excluding carboxylic acids is 2. The Morgan fingerprint density at radius 1 is 1.10 bits per heavy atom. The Kier molecular flexibility index (Phi) is 8.28. The van der Waals surface area contributed by atoms with Crippen molar-refractivity contribution in [3.8, 4) is 0 Å². The topological polar surface area (TPSA) is 96.9 Å². The van der Waals surface area contributed by atoms with Crippen LogP contribution in [0.4, 0.5) is 19.3 Å². The third-order valence-electron chi connectivity index (χ3n) is 6.97. The number of aromatic amines is 1. The maximum atomic E-state index is 14.1. The second-order valence-corrected chi connectivity index (χ2v) is 12.0. The molecule has 8 nitrogen and oxygen atoms in total. The van der Waals surface area contributed by atoms with Crippen LogP contribution in [-0.2, 0) is 25.1 Å². The summed E-state index contributed by atoms with van der Waals surface area (Å²) in [4.78, 5) is 46.3. The predicted molar refractivity (Wildman–Crippen MR) is 153 cm³/mol. The van der Waals surface area contributed by atoms with Gasteiger partial charge in [-0.3, -0.25) is 14.5 Å². The molecule has 0 bridgehead atoms. The van der Waals surface area contributed by atoms with Crippen molar-refractivity contribution in [2.24, 2.45) is 0 Å². The maximum absolute atomic E-state index is 14.1. The molecule has 2 aromatic carbocycles. The number of urea groups is 1. The van der Waals surface area contributed by atoms with Gasteiger partial charge in [0.15, 0.2) is 0 Å². The van der Waals surface area contributed by atoms with Gasteiger partial charge in [-0.2, -0.15) is 8.78 Å². The number of anilines is 1. The van der Waals surface area contributed by atoms with Gasteiger partial charge in [-0.15, -0.1) is 0 Å². The van der Waals surface area contributed by atoms with Crippen LogP contribution in [0.1, 0.15) is 39.2 Å². The van der Waals surface area contributed by atoms with Crippen LogP contribution < -0.4 is 10.5 Å². The monoisotopic (exact) mass is 642 g/mol. The highest BCUT2D eigenvalue weighted by Gasteiger charge is 2.35. The number of nitrogens with zero attached hydrogens (tertiary/aromatic N) is 3. The van der Waals surface area contributed by atoms with Gasteiger partial charge in [-0.1, -0.05) is 47.1 Å². The lowest BCUT2D eigenvalue weighted by atomic mass is 10.1. The number of pyridine rings is 1. The van der Waals surface area contributed by atoms with Crippen LogP contribution >= 0.6 is 46.6 Å². The first kappa shape index (κ1) is 29.7. The fourth-order valence-corrected chi connectivity index (χ4v) is 6.65. The van der Waals surface area contributed by atoms with E-state index in [0.717, 1.165) is 35.4 Å². The highest BCUT2D eigenvalue weighted by Crippen LogP contribution is 2.43. The lowest BCUT2D eigenvalue weighted by Gasteiger charge is -2.33. The van der Waals surface area contributed by atoms with E-state index in [1.807, 2.05) is 23.2 Å². The number of hydrogen-bond donors (Lipinski definition) is 2. The third-order valence-corrected chi connectivity index (χ3v) is 9.32. The average molecular weight is 644 g/mol. The van der Waals surface area contributed by atoms with E-state index in [4.69, 9.17) is 34.8 Å². The van der Waals surface area contributed by atoms with E-state index >= 15 is 0 Å². The number of aliphatic hydroxyl groups excluding tert-OH is 1. The average Bonchev–Trinajstić information content (AvgIpc) is 3.35. The number of H-pyrrole nitrogens is 1. The number of benzene rings is 2. The van der Waals surface area contributed by atoms with Crippen molar-refractivity contribution < 1.29 is 23.5 Å². The predicted octanol–water partition coefficient (Wildman–Crippen LogP) is 6.03. The van der Waals surface area contributed by atoms with Crippen LogP contribution in [0.15, 0.2) is 51.0 Å². The quantitative estimate of drug-likeness (QED) is 0.320. The van der Waals surface area contributed by atoms with Crippen LogP contribution in [0.3, 0.4) is 0 Å². The minimum absolute atomic E-state index is 0.0573. The zero-order valence-corrected chi connectivity index (χ0v) is 24.6. The Morgan fingerprint density at radius 2 is 1.83 bits per heavy atom. The van der Waals surface area contributed by atoms with E-state index in [2.05, 4.69) is 0 Å². The second-order valence-electron chi connectivity index (χ2n) is 9.68. The number of aliphatic hydroxyl groups is 1. The van der Waals surface area contributed by atoms with Gasteiger partial charge >= 0.3 is 11.4 Å². The highest BCUT2D eigenvalue weighted by molar-refractivity contribution is 7.99. The summed E-state index contributed by atoms with van der Waals surface area (Å²) in [5, 5.41) is 5.87. The molecule has 1 fully saturated rings. The van der Waals surface area contributed by atoms with Gasteiger partial charge in [0, 0.05) is 48.7 Å². The van der Waals surface area contributed by atoms with E-state index in [1.54, 1.807) is 16.8 Å². The van der Waals surface area contributed by atoms with Gasteiger partial charge < -0.3 is 19.9 Å². The summed E-state index contributed by atoms with van der Waals surface area (Å²) in [5.74, 6) is -0.699. The summed E-state index contributed by atoms with van der Waals surface area (Å²) in [6.07, 6.45) is 0.819. The number of nitrogens with one attached hydrogen (secondary N) is 1. The third kappa shape index (κ3) is 5.78. The Bertz CT molecular complexity index is 1610. The zero-order chi connectivity index (χ0) is 29.6. The number of fused-ring (bicyclic) bond motifs is 1. The van der Waals surface area contributed by atoms with Crippen LogP contribution in [-0.4, -0.2) is 52.0 Å². The molecule has 5 rings (SSSR count). The SMILES string of the molecule is CN1CCCN(c2ccc3c(c2)CN(C(=O)c2c(Sc4c(Cl)ccc(CO)c4Cl)cc(C(F)(F)Cl)[nH]c2=O)C3)C1=O. The normalized spacial score (nSPS) is 15.5. The molecule has 1 aromatic heterocycles. The van der Waals surface area contributed by atoms with Crippen LogP contribution in [0.5, 0.6) is 0 Å². The lowest BCUT2D eigenvalue weighted by molar-refractivity contribution is 0.0740. The van der Waals surface area contributed by atoms with Crippen LogP contribution in [0.25, 0.3) is 0 Å². The second kappa shape index (κ2) is 11.4. The molecule has 0 radical (unpaired) electrons. The van der Waals surface area contributed by atoms with Crippen LogP contribution in [0, 0.1) is 0 Å². The highest BCUT2D eigenvalue weighted by atomic mass is 35.5. The van der Waals surface area contributed by atoms with E-state index in [9.17, 15) is 28.3 Å². The van der Waals surface area contributed by atoms with E-state index < -0.39 is 29.1 Å². The fraction of sp³-hybridized carbons (Fsp3) is 0.296. The van der Waals surface area contributed by atoms with E-state index in [-0.39, 0.29) is 44.5 Å². The smallest absolute Gasteiger partial charge is 0.362 e.